The Balaban J connectivity index is 2.70. The molecule has 27 heavy (non-hydrogen) atoms. The van der Waals surface area contributed by atoms with Gasteiger partial charge in [0.05, 0.1) is 23.4 Å². The van der Waals surface area contributed by atoms with Crippen molar-refractivity contribution < 1.29 is 9.47 Å². The van der Waals surface area contributed by atoms with Crippen LogP contribution in [-0.4, -0.2) is 29.4 Å². The van der Waals surface area contributed by atoms with Crippen LogP contribution in [0.4, 0.5) is 0 Å². The SMILES string of the molecule is CCCCOc1c(OCC)cc(-c2nc(SC)[nH]c(=O)c2C#N)c(Br)c1Br. The molecule has 6 nitrogen and oxygen atoms in total. The third kappa shape index (κ3) is 4.86. The fourth-order valence-corrected chi connectivity index (χ4v) is 3.71. The van der Waals surface area contributed by atoms with Crippen molar-refractivity contribution in [3.63, 3.8) is 0 Å². The largest absolute Gasteiger partial charge is 0.490 e. The number of H-pyrrole nitrogens is 1. The quantitative estimate of drug-likeness (QED) is 0.297. The van der Waals surface area contributed by atoms with E-state index < -0.39 is 5.56 Å². The van der Waals surface area contributed by atoms with Crippen LogP contribution in [0.25, 0.3) is 11.3 Å². The van der Waals surface area contributed by atoms with Crippen LogP contribution in [-0.2, 0) is 0 Å². The number of hydrogen-bond donors (Lipinski definition) is 1. The summed E-state index contributed by atoms with van der Waals surface area (Å²) in [6.07, 6.45) is 3.73. The minimum Gasteiger partial charge on any atom is -0.490 e. The number of nitrogens with zero attached hydrogens (tertiary/aromatic N) is 2. The van der Waals surface area contributed by atoms with E-state index in [1.54, 1.807) is 12.3 Å². The van der Waals surface area contributed by atoms with Crippen LogP contribution in [0.1, 0.15) is 32.3 Å². The van der Waals surface area contributed by atoms with E-state index in [0.29, 0.717) is 50.1 Å². The average Bonchev–Trinajstić information content (AvgIpc) is 2.66. The lowest BCUT2D eigenvalue weighted by Crippen LogP contribution is -2.15. The minimum absolute atomic E-state index is 0.0532. The van der Waals surface area contributed by atoms with Crippen LogP contribution in [0, 0.1) is 11.3 Å². The molecular formula is C18H19Br2N3O3S. The van der Waals surface area contributed by atoms with E-state index in [2.05, 4.69) is 48.8 Å². The van der Waals surface area contributed by atoms with E-state index in [0.717, 1.165) is 12.8 Å². The summed E-state index contributed by atoms with van der Waals surface area (Å²) < 4.78 is 12.9. The molecule has 1 aromatic heterocycles. The Morgan fingerprint density at radius 3 is 2.63 bits per heavy atom. The summed E-state index contributed by atoms with van der Waals surface area (Å²) in [6.45, 7) is 4.97. The molecule has 1 N–H and O–H groups in total. The van der Waals surface area contributed by atoms with Gasteiger partial charge in [-0.1, -0.05) is 25.1 Å². The molecule has 0 aliphatic carbocycles. The van der Waals surface area contributed by atoms with E-state index in [4.69, 9.17) is 9.47 Å². The van der Waals surface area contributed by atoms with Crippen LogP contribution in [0.5, 0.6) is 11.5 Å². The van der Waals surface area contributed by atoms with Crippen LogP contribution in [0.15, 0.2) is 25.0 Å². The van der Waals surface area contributed by atoms with Crippen molar-refractivity contribution in [3.05, 3.63) is 30.9 Å². The molecule has 0 unspecified atom stereocenters. The number of halogens is 2. The standard InChI is InChI=1S/C18H19Br2N3O3S/c1-4-6-7-26-16-12(25-5-2)8-10(13(19)14(16)20)15-11(9-21)17(24)23-18(22-15)27-3/h8H,4-7H2,1-3H3,(H,22,23,24). The fourth-order valence-electron chi connectivity index (χ4n) is 2.32. The first kappa shape index (κ1) is 21.8. The molecule has 144 valence electrons. The summed E-state index contributed by atoms with van der Waals surface area (Å²) in [5.74, 6) is 1.10. The third-order valence-electron chi connectivity index (χ3n) is 3.63. The molecule has 0 aliphatic heterocycles. The van der Waals surface area contributed by atoms with Gasteiger partial charge in [-0.25, -0.2) is 4.98 Å². The molecule has 0 fully saturated rings. The predicted molar refractivity (Wildman–Crippen MR) is 114 cm³/mol. The second kappa shape index (κ2) is 10.2. The fraction of sp³-hybridized carbons (Fsp3) is 0.389. The molecule has 0 saturated heterocycles. The number of hydrogen-bond acceptors (Lipinski definition) is 6. The predicted octanol–water partition coefficient (Wildman–Crippen LogP) is 5.13. The Kier molecular flexibility index (Phi) is 8.20. The normalized spacial score (nSPS) is 10.5. The van der Waals surface area contributed by atoms with Crippen LogP contribution in [0.3, 0.4) is 0 Å². The lowest BCUT2D eigenvalue weighted by atomic mass is 10.1. The molecule has 1 aromatic carbocycles. The zero-order valence-electron chi connectivity index (χ0n) is 15.2. The Bertz CT molecular complexity index is 926. The molecule has 0 amide bonds. The Labute approximate surface area is 178 Å². The first-order chi connectivity index (χ1) is 13.0. The van der Waals surface area contributed by atoms with Gasteiger partial charge in [0.15, 0.2) is 16.7 Å². The van der Waals surface area contributed by atoms with Crippen molar-refractivity contribution in [3.8, 4) is 28.8 Å². The zero-order valence-corrected chi connectivity index (χ0v) is 19.2. The molecular weight excluding hydrogens is 498 g/mol. The van der Waals surface area contributed by atoms with E-state index in [1.165, 1.54) is 11.8 Å². The van der Waals surface area contributed by atoms with Crippen molar-refractivity contribution in [1.82, 2.24) is 9.97 Å². The van der Waals surface area contributed by atoms with Crippen molar-refractivity contribution in [2.75, 3.05) is 19.5 Å². The maximum Gasteiger partial charge on any atom is 0.270 e. The summed E-state index contributed by atoms with van der Waals surface area (Å²) in [5, 5.41) is 9.88. The number of nitriles is 1. The number of rotatable bonds is 8. The van der Waals surface area contributed by atoms with Crippen molar-refractivity contribution in [2.24, 2.45) is 0 Å². The second-order valence-corrected chi connectivity index (χ2v) is 7.81. The van der Waals surface area contributed by atoms with Crippen LogP contribution >= 0.6 is 43.6 Å². The number of benzene rings is 1. The van der Waals surface area contributed by atoms with Crippen molar-refractivity contribution >= 4 is 43.6 Å². The number of unbranched alkanes of at least 4 members (excludes halogenated alkanes) is 1. The molecule has 0 spiro atoms. The van der Waals surface area contributed by atoms with Crippen molar-refractivity contribution in [2.45, 2.75) is 31.8 Å². The molecule has 0 saturated carbocycles. The van der Waals surface area contributed by atoms with Crippen molar-refractivity contribution in [1.29, 1.82) is 5.26 Å². The minimum atomic E-state index is -0.476. The molecule has 2 rings (SSSR count). The topological polar surface area (TPSA) is 88.0 Å². The third-order valence-corrected chi connectivity index (χ3v) is 6.32. The van der Waals surface area contributed by atoms with Crippen LogP contribution < -0.4 is 15.0 Å². The van der Waals surface area contributed by atoms with Gasteiger partial charge in [0.2, 0.25) is 0 Å². The number of aromatic nitrogens is 2. The summed E-state index contributed by atoms with van der Waals surface area (Å²) in [6, 6.07) is 3.69. The number of thioether (sulfide) groups is 1. The number of ether oxygens (including phenoxy) is 2. The summed E-state index contributed by atoms with van der Waals surface area (Å²) >= 11 is 8.39. The van der Waals surface area contributed by atoms with Gasteiger partial charge in [0, 0.05) is 10.0 Å². The van der Waals surface area contributed by atoms with Crippen LogP contribution in [0.2, 0.25) is 0 Å². The van der Waals surface area contributed by atoms with Gasteiger partial charge in [0.25, 0.3) is 5.56 Å². The van der Waals surface area contributed by atoms with Gasteiger partial charge in [-0.2, -0.15) is 5.26 Å². The van der Waals surface area contributed by atoms with Gasteiger partial charge >= 0.3 is 0 Å². The highest BCUT2D eigenvalue weighted by molar-refractivity contribution is 9.13. The molecule has 0 radical (unpaired) electrons. The average molecular weight is 517 g/mol. The highest BCUT2D eigenvalue weighted by Gasteiger charge is 2.22. The number of aromatic amines is 1. The molecule has 2 aromatic rings. The second-order valence-electron chi connectivity index (χ2n) is 5.42. The molecule has 0 bridgehead atoms. The molecule has 1 heterocycles. The van der Waals surface area contributed by atoms with E-state index in [-0.39, 0.29) is 5.56 Å². The summed E-state index contributed by atoms with van der Waals surface area (Å²) in [5.41, 5.74) is 0.337. The zero-order chi connectivity index (χ0) is 20.0. The summed E-state index contributed by atoms with van der Waals surface area (Å²) in [4.78, 5) is 19.3. The molecule has 0 aliphatic rings. The summed E-state index contributed by atoms with van der Waals surface area (Å²) in [7, 11) is 0. The van der Waals surface area contributed by atoms with E-state index >= 15 is 0 Å². The van der Waals surface area contributed by atoms with Gasteiger partial charge < -0.3 is 14.5 Å². The highest BCUT2D eigenvalue weighted by Crippen LogP contribution is 2.46. The first-order valence-electron chi connectivity index (χ1n) is 8.34. The highest BCUT2D eigenvalue weighted by atomic mass is 79.9. The lowest BCUT2D eigenvalue weighted by molar-refractivity contribution is 0.271. The Hall–Kier alpha value is -1.50. The van der Waals surface area contributed by atoms with Gasteiger partial charge in [-0.15, -0.1) is 0 Å². The monoisotopic (exact) mass is 515 g/mol. The van der Waals surface area contributed by atoms with E-state index in [9.17, 15) is 10.1 Å². The Morgan fingerprint density at radius 1 is 1.30 bits per heavy atom. The maximum absolute atomic E-state index is 12.3. The Morgan fingerprint density at radius 2 is 2.04 bits per heavy atom. The number of nitrogens with one attached hydrogen (secondary N) is 1. The molecule has 0 atom stereocenters. The van der Waals surface area contributed by atoms with E-state index in [1.807, 2.05) is 13.0 Å². The van der Waals surface area contributed by atoms with Gasteiger partial charge in [-0.05, 0) is 57.5 Å². The lowest BCUT2D eigenvalue weighted by Gasteiger charge is -2.17. The first-order valence-corrected chi connectivity index (χ1v) is 11.2. The van der Waals surface area contributed by atoms with Gasteiger partial charge in [-0.3, -0.25) is 4.79 Å². The van der Waals surface area contributed by atoms with Gasteiger partial charge in [0.1, 0.15) is 11.6 Å². The maximum atomic E-state index is 12.3. The molecule has 9 heteroatoms. The smallest absolute Gasteiger partial charge is 0.270 e.